The molecule has 0 radical (unpaired) electrons. The van der Waals surface area contributed by atoms with Crippen LogP contribution in [0.5, 0.6) is 5.75 Å². The van der Waals surface area contributed by atoms with Gasteiger partial charge in [-0.2, -0.15) is 8.78 Å². The van der Waals surface area contributed by atoms with Gasteiger partial charge in [0.1, 0.15) is 19.4 Å². The van der Waals surface area contributed by atoms with Gasteiger partial charge in [0.25, 0.3) is 0 Å². The van der Waals surface area contributed by atoms with Gasteiger partial charge in [0.2, 0.25) is 0 Å². The topological polar surface area (TPSA) is 9.23 Å². The van der Waals surface area contributed by atoms with Crippen molar-refractivity contribution in [2.24, 2.45) is 0 Å². The summed E-state index contributed by atoms with van der Waals surface area (Å²) in [6.07, 6.45) is -4.17. The van der Waals surface area contributed by atoms with Crippen molar-refractivity contribution in [3.05, 3.63) is 59.2 Å². The monoisotopic (exact) mass is 304 g/mol. The van der Waals surface area contributed by atoms with Crippen molar-refractivity contribution in [2.75, 3.05) is 0 Å². The minimum Gasteiger partial charge on any atom is -0.429 e. The van der Waals surface area contributed by atoms with Crippen LogP contribution in [0.2, 0.25) is 0 Å². The van der Waals surface area contributed by atoms with E-state index in [0.717, 1.165) is 12.1 Å². The second-order valence-electron chi connectivity index (χ2n) is 4.30. The lowest BCUT2D eigenvalue weighted by Gasteiger charge is -2.19. The summed E-state index contributed by atoms with van der Waals surface area (Å²) in [7, 11) is 1.50. The Balaban J connectivity index is 2.37. The molecule has 0 bridgehead atoms. The van der Waals surface area contributed by atoms with Gasteiger partial charge in [-0.05, 0) is 12.1 Å². The van der Waals surface area contributed by atoms with Crippen molar-refractivity contribution in [1.82, 2.24) is 0 Å². The first-order chi connectivity index (χ1) is 9.70. The molecule has 2 aromatic rings. The van der Waals surface area contributed by atoms with Gasteiger partial charge < -0.3 is 4.74 Å². The summed E-state index contributed by atoms with van der Waals surface area (Å²) in [6, 6.07) is 3.37. The Labute approximate surface area is 116 Å². The van der Waals surface area contributed by atoms with Crippen LogP contribution >= 0.6 is 0 Å². The zero-order chi connectivity index (χ0) is 15.8. The lowest BCUT2D eigenvalue weighted by atomic mass is 9.95. The first-order valence-electron chi connectivity index (χ1n) is 5.68. The lowest BCUT2D eigenvalue weighted by molar-refractivity contribution is -0.187. The van der Waals surface area contributed by atoms with E-state index >= 15 is 0 Å². The molecule has 0 aromatic heterocycles. The first kappa shape index (κ1) is 15.3. The van der Waals surface area contributed by atoms with Crippen LogP contribution in [0.25, 0.3) is 0 Å². The van der Waals surface area contributed by atoms with Crippen LogP contribution in [-0.4, -0.2) is 7.85 Å². The quantitative estimate of drug-likeness (QED) is 0.481. The number of hydrogen-bond donors (Lipinski definition) is 0. The molecular weight excluding hydrogens is 297 g/mol. The Bertz CT molecular complexity index is 665. The molecule has 1 nitrogen and oxygen atoms in total. The van der Waals surface area contributed by atoms with E-state index in [1.807, 2.05) is 0 Å². The molecule has 0 saturated carbocycles. The van der Waals surface area contributed by atoms with Crippen molar-refractivity contribution in [2.45, 2.75) is 6.11 Å². The first-order valence-corrected chi connectivity index (χ1v) is 5.68. The standard InChI is InChI=1S/C13H7BF6O/c14-6-1-2-8(9(15)3-6)13(19,20)21-7-4-10(16)12(18)11(17)5-7/h1-5H,14H2. The number of hydrogen-bond acceptors (Lipinski definition) is 1. The van der Waals surface area contributed by atoms with E-state index in [1.54, 1.807) is 0 Å². The van der Waals surface area contributed by atoms with Crippen molar-refractivity contribution in [1.29, 1.82) is 0 Å². The van der Waals surface area contributed by atoms with E-state index in [0.29, 0.717) is 5.46 Å². The maximum Gasteiger partial charge on any atom is 0.429 e. The predicted molar refractivity (Wildman–Crippen MR) is 65.4 cm³/mol. The largest absolute Gasteiger partial charge is 0.429 e. The third kappa shape index (κ3) is 3.14. The molecule has 0 N–H and O–H groups in total. The second-order valence-corrected chi connectivity index (χ2v) is 4.30. The fraction of sp³-hybridized carbons (Fsp3) is 0.0769. The van der Waals surface area contributed by atoms with Gasteiger partial charge in [0, 0.05) is 12.1 Å². The van der Waals surface area contributed by atoms with Gasteiger partial charge in [-0.25, -0.2) is 17.6 Å². The molecule has 21 heavy (non-hydrogen) atoms. The minimum atomic E-state index is -4.17. The molecule has 0 heterocycles. The lowest BCUT2D eigenvalue weighted by Crippen LogP contribution is -2.24. The van der Waals surface area contributed by atoms with Crippen molar-refractivity contribution in [3.8, 4) is 5.75 Å². The Kier molecular flexibility index (Phi) is 3.89. The molecule has 0 spiro atoms. The average Bonchev–Trinajstić information content (AvgIpc) is 2.34. The normalized spacial score (nSPS) is 11.5. The van der Waals surface area contributed by atoms with Crippen LogP contribution in [0, 0.1) is 23.3 Å². The minimum absolute atomic E-state index is 0.248. The molecule has 0 atom stereocenters. The fourth-order valence-electron chi connectivity index (χ4n) is 1.65. The third-order valence-electron chi connectivity index (χ3n) is 2.64. The van der Waals surface area contributed by atoms with Gasteiger partial charge in [0.05, 0.1) is 5.56 Å². The Morgan fingerprint density at radius 1 is 0.857 bits per heavy atom. The SMILES string of the molecule is Bc1ccc(C(F)(F)Oc2cc(F)c(F)c(F)c2)c(F)c1. The maximum atomic E-state index is 13.8. The molecule has 0 aliphatic rings. The molecule has 0 aliphatic heterocycles. The summed E-state index contributed by atoms with van der Waals surface area (Å²) in [4.78, 5) is 0. The van der Waals surface area contributed by atoms with Gasteiger partial charge in [-0.3, -0.25) is 0 Å². The summed E-state index contributed by atoms with van der Waals surface area (Å²) in [5.74, 6) is -7.39. The smallest absolute Gasteiger partial charge is 0.429 e. The molecule has 0 unspecified atom stereocenters. The fourth-order valence-corrected chi connectivity index (χ4v) is 1.65. The van der Waals surface area contributed by atoms with Crippen molar-refractivity contribution in [3.63, 3.8) is 0 Å². The average molecular weight is 304 g/mol. The zero-order valence-corrected chi connectivity index (χ0v) is 10.6. The van der Waals surface area contributed by atoms with Gasteiger partial charge in [0.15, 0.2) is 17.5 Å². The molecule has 8 heteroatoms. The highest BCUT2D eigenvalue weighted by Crippen LogP contribution is 2.33. The third-order valence-corrected chi connectivity index (χ3v) is 2.64. The molecule has 0 aliphatic carbocycles. The van der Waals surface area contributed by atoms with E-state index in [-0.39, 0.29) is 12.1 Å². The van der Waals surface area contributed by atoms with Crippen LogP contribution in [0.4, 0.5) is 26.3 Å². The number of alkyl halides is 2. The van der Waals surface area contributed by atoms with E-state index in [1.165, 1.54) is 13.9 Å². The van der Waals surface area contributed by atoms with E-state index in [2.05, 4.69) is 4.74 Å². The van der Waals surface area contributed by atoms with Gasteiger partial charge in [-0.1, -0.05) is 11.5 Å². The Morgan fingerprint density at radius 3 is 1.95 bits per heavy atom. The van der Waals surface area contributed by atoms with Crippen LogP contribution in [0.1, 0.15) is 5.56 Å². The van der Waals surface area contributed by atoms with Crippen molar-refractivity contribution >= 4 is 13.3 Å². The number of ether oxygens (including phenoxy) is 1. The van der Waals surface area contributed by atoms with Crippen LogP contribution in [-0.2, 0) is 6.11 Å². The molecule has 110 valence electrons. The van der Waals surface area contributed by atoms with Crippen LogP contribution in [0.15, 0.2) is 30.3 Å². The summed E-state index contributed by atoms with van der Waals surface area (Å²) < 4.78 is 83.8. The Morgan fingerprint density at radius 2 is 1.43 bits per heavy atom. The van der Waals surface area contributed by atoms with E-state index in [4.69, 9.17) is 0 Å². The zero-order valence-electron chi connectivity index (χ0n) is 10.6. The highest BCUT2D eigenvalue weighted by atomic mass is 19.3. The molecule has 0 amide bonds. The number of halogens is 6. The predicted octanol–water partition coefficient (Wildman–Crippen LogP) is 2.63. The number of rotatable bonds is 3. The van der Waals surface area contributed by atoms with E-state index < -0.39 is 40.7 Å². The molecule has 0 fully saturated rings. The van der Waals surface area contributed by atoms with Crippen molar-refractivity contribution < 1.29 is 31.1 Å². The van der Waals surface area contributed by atoms with Gasteiger partial charge >= 0.3 is 6.11 Å². The highest BCUT2D eigenvalue weighted by Gasteiger charge is 2.38. The van der Waals surface area contributed by atoms with E-state index in [9.17, 15) is 26.3 Å². The second kappa shape index (κ2) is 5.35. The molecule has 2 aromatic carbocycles. The summed E-state index contributed by atoms with van der Waals surface area (Å²) in [5, 5.41) is 0. The summed E-state index contributed by atoms with van der Waals surface area (Å²) >= 11 is 0. The summed E-state index contributed by atoms with van der Waals surface area (Å²) in [6.45, 7) is 0. The molecular formula is C13H7BF6O. The summed E-state index contributed by atoms with van der Waals surface area (Å²) in [5.41, 5.74) is -0.691. The van der Waals surface area contributed by atoms with Crippen LogP contribution < -0.4 is 10.2 Å². The van der Waals surface area contributed by atoms with Gasteiger partial charge in [-0.15, -0.1) is 0 Å². The van der Waals surface area contributed by atoms with Crippen LogP contribution in [0.3, 0.4) is 0 Å². The molecule has 2 rings (SSSR count). The maximum absolute atomic E-state index is 13.8. The molecule has 0 saturated heterocycles. The number of benzene rings is 2. The Hall–Kier alpha value is -2.12. The highest BCUT2D eigenvalue weighted by molar-refractivity contribution is 6.32.